The highest BCUT2D eigenvalue weighted by molar-refractivity contribution is 8.00. The molecule has 0 aliphatic heterocycles. The number of carbonyl (C=O) groups excluding carboxylic acids is 4. The maximum absolute atomic E-state index is 15.0. The molecule has 1 aliphatic rings. The summed E-state index contributed by atoms with van der Waals surface area (Å²) >= 11 is 12.8. The van der Waals surface area contributed by atoms with Crippen molar-refractivity contribution in [1.29, 1.82) is 0 Å². The highest BCUT2D eigenvalue weighted by atomic mass is 35.5. The molecule has 0 saturated heterocycles. The Morgan fingerprint density at radius 2 is 1.80 bits per heavy atom. The number of nitrogens with zero attached hydrogens (tertiary/aromatic N) is 1. The Balaban J connectivity index is 2.45. The van der Waals surface area contributed by atoms with Gasteiger partial charge in [0.05, 0.1) is 30.2 Å². The Morgan fingerprint density at radius 3 is 2.43 bits per heavy atom. The van der Waals surface area contributed by atoms with Crippen LogP contribution in [0.1, 0.15) is 32.6 Å². The monoisotopic (exact) mass is 549 g/mol. The van der Waals surface area contributed by atoms with Crippen LogP contribution in [0.5, 0.6) is 0 Å². The molecule has 35 heavy (non-hydrogen) atoms. The van der Waals surface area contributed by atoms with E-state index in [1.165, 1.54) is 13.2 Å². The minimum atomic E-state index is -0.943. The van der Waals surface area contributed by atoms with E-state index in [4.69, 9.17) is 32.7 Å². The van der Waals surface area contributed by atoms with Crippen molar-refractivity contribution >= 4 is 64.4 Å². The van der Waals surface area contributed by atoms with Crippen LogP contribution < -0.4 is 4.90 Å². The Hall–Kier alpha value is -2.14. The first kappa shape index (κ1) is 29.1. The molecule has 2 amide bonds. The average molecular weight is 550 g/mol. The summed E-state index contributed by atoms with van der Waals surface area (Å²) in [6, 6.07) is 2.13. The maximum Gasteiger partial charge on any atom is 0.334 e. The summed E-state index contributed by atoms with van der Waals surface area (Å²) in [5.74, 6) is -4.65. The second kappa shape index (κ2) is 14.4. The topological polar surface area (TPSA) is 99.2 Å². The molecule has 0 radical (unpaired) electrons. The smallest absolute Gasteiger partial charge is 0.334 e. The summed E-state index contributed by atoms with van der Waals surface area (Å²) in [6.45, 7) is 2.48. The third kappa shape index (κ3) is 7.93. The number of imide groups is 1. The average Bonchev–Trinajstić information content (AvgIpc) is 2.86. The fraction of sp³-hybridized carbons (Fsp3) is 0.478. The van der Waals surface area contributed by atoms with Crippen molar-refractivity contribution in [3.05, 3.63) is 34.1 Å². The number of esters is 2. The summed E-state index contributed by atoms with van der Waals surface area (Å²) in [6.07, 6.45) is 1.74. The fourth-order valence-corrected chi connectivity index (χ4v) is 4.56. The summed E-state index contributed by atoms with van der Waals surface area (Å²) in [5.41, 5.74) is -0.187. The van der Waals surface area contributed by atoms with Crippen molar-refractivity contribution in [2.75, 3.05) is 43.5 Å². The lowest BCUT2D eigenvalue weighted by molar-refractivity contribution is -0.141. The van der Waals surface area contributed by atoms with Crippen LogP contribution in [0.4, 0.5) is 10.1 Å². The van der Waals surface area contributed by atoms with Gasteiger partial charge in [0.25, 0.3) is 5.91 Å². The molecule has 0 bridgehead atoms. The number of rotatable bonds is 11. The lowest BCUT2D eigenvalue weighted by Crippen LogP contribution is -2.40. The van der Waals surface area contributed by atoms with Crippen LogP contribution in [0, 0.1) is 5.82 Å². The lowest BCUT2D eigenvalue weighted by Gasteiger charge is -2.26. The number of alkyl halides is 1. The molecule has 192 valence electrons. The molecule has 2 rings (SSSR count). The molecule has 0 saturated carbocycles. The number of amides is 2. The Bertz CT molecular complexity index is 1000. The number of hydrogen-bond acceptors (Lipinski definition) is 8. The number of halogens is 3. The van der Waals surface area contributed by atoms with Crippen molar-refractivity contribution in [2.45, 2.75) is 37.5 Å². The van der Waals surface area contributed by atoms with Crippen LogP contribution >= 0.6 is 35.0 Å². The molecule has 0 heterocycles. The fourth-order valence-electron chi connectivity index (χ4n) is 3.34. The highest BCUT2D eigenvalue weighted by Gasteiger charge is 2.33. The largest absolute Gasteiger partial charge is 0.468 e. The molecule has 0 aromatic heterocycles. The lowest BCUT2D eigenvalue weighted by atomic mass is 9.90. The van der Waals surface area contributed by atoms with Gasteiger partial charge in [0, 0.05) is 22.6 Å². The minimum Gasteiger partial charge on any atom is -0.468 e. The molecule has 1 aromatic carbocycles. The second-order valence-electron chi connectivity index (χ2n) is 7.26. The van der Waals surface area contributed by atoms with Gasteiger partial charge in [-0.1, -0.05) is 11.6 Å². The minimum absolute atomic E-state index is 0.00849. The number of anilines is 1. The predicted molar refractivity (Wildman–Crippen MR) is 130 cm³/mol. The number of methoxy groups -OCH3 is 1. The van der Waals surface area contributed by atoms with Gasteiger partial charge in [0.1, 0.15) is 18.3 Å². The molecule has 0 spiro atoms. The van der Waals surface area contributed by atoms with Gasteiger partial charge >= 0.3 is 11.9 Å². The standard InChI is InChI=1S/C23H26Cl2FNO7S/c1-3-33-8-9-34-23(31)15-7-5-4-6-14(15)22(30)27(20(28)12-24)18-11-19(16(25)10-17(18)26)35-13-21(29)32-2/h10-11H,3-9,12-13H2,1-2H3. The van der Waals surface area contributed by atoms with Gasteiger partial charge in [-0.05, 0) is 44.7 Å². The Kier molecular flexibility index (Phi) is 12.0. The van der Waals surface area contributed by atoms with E-state index in [0.29, 0.717) is 24.3 Å². The van der Waals surface area contributed by atoms with Crippen LogP contribution in [0.25, 0.3) is 0 Å². The van der Waals surface area contributed by atoms with Gasteiger partial charge in [-0.15, -0.1) is 23.4 Å². The number of carbonyl (C=O) groups is 4. The van der Waals surface area contributed by atoms with Crippen molar-refractivity contribution in [2.24, 2.45) is 0 Å². The number of benzene rings is 1. The molecule has 0 fully saturated rings. The summed E-state index contributed by atoms with van der Waals surface area (Å²) in [4.78, 5) is 51.3. The molecule has 8 nitrogen and oxygen atoms in total. The Labute approximate surface area is 217 Å². The zero-order chi connectivity index (χ0) is 26.0. The van der Waals surface area contributed by atoms with E-state index >= 15 is 0 Å². The first-order valence-corrected chi connectivity index (χ1v) is 12.7. The van der Waals surface area contributed by atoms with Crippen LogP contribution in [0.3, 0.4) is 0 Å². The summed E-state index contributed by atoms with van der Waals surface area (Å²) in [7, 11) is 1.22. The Morgan fingerprint density at radius 1 is 1.11 bits per heavy atom. The van der Waals surface area contributed by atoms with E-state index < -0.39 is 35.5 Å². The molecule has 0 unspecified atom stereocenters. The third-order valence-electron chi connectivity index (χ3n) is 5.02. The maximum atomic E-state index is 15.0. The normalized spacial score (nSPS) is 13.4. The van der Waals surface area contributed by atoms with Gasteiger partial charge in [-0.25, -0.2) is 14.1 Å². The number of hydrogen-bond donors (Lipinski definition) is 0. The zero-order valence-electron chi connectivity index (χ0n) is 19.4. The highest BCUT2D eigenvalue weighted by Crippen LogP contribution is 2.36. The van der Waals surface area contributed by atoms with E-state index in [0.717, 1.165) is 17.8 Å². The third-order valence-corrected chi connectivity index (χ3v) is 6.70. The van der Waals surface area contributed by atoms with Gasteiger partial charge in [-0.2, -0.15) is 0 Å². The van der Waals surface area contributed by atoms with Crippen LogP contribution in [0.15, 0.2) is 28.2 Å². The number of ether oxygens (including phenoxy) is 3. The first-order chi connectivity index (χ1) is 16.7. The van der Waals surface area contributed by atoms with Crippen molar-refractivity contribution in [1.82, 2.24) is 0 Å². The first-order valence-electron chi connectivity index (χ1n) is 10.8. The van der Waals surface area contributed by atoms with Crippen molar-refractivity contribution < 1.29 is 37.8 Å². The molecular formula is C23H26Cl2FNO7S. The van der Waals surface area contributed by atoms with Crippen molar-refractivity contribution in [3.8, 4) is 0 Å². The second-order valence-corrected chi connectivity index (χ2v) is 8.96. The van der Waals surface area contributed by atoms with E-state index in [1.807, 2.05) is 0 Å². The molecule has 1 aliphatic carbocycles. The molecule has 0 N–H and O–H groups in total. The summed E-state index contributed by atoms with van der Waals surface area (Å²) in [5, 5.41) is -0.0127. The zero-order valence-corrected chi connectivity index (χ0v) is 21.7. The van der Waals surface area contributed by atoms with Crippen LogP contribution in [-0.2, 0) is 33.4 Å². The van der Waals surface area contributed by atoms with E-state index in [2.05, 4.69) is 4.74 Å². The van der Waals surface area contributed by atoms with E-state index in [-0.39, 0.29) is 58.6 Å². The quantitative estimate of drug-likeness (QED) is 0.174. The van der Waals surface area contributed by atoms with Gasteiger partial charge < -0.3 is 14.2 Å². The van der Waals surface area contributed by atoms with Crippen LogP contribution in [-0.4, -0.2) is 62.3 Å². The molecular weight excluding hydrogens is 524 g/mol. The molecule has 1 aromatic rings. The SMILES string of the molecule is CCOCCOC(=O)C1=C(C(=O)N(C(=O)CCl)c2cc(SCC(=O)OC)c(Cl)cc2F)CCCC1. The van der Waals surface area contributed by atoms with Gasteiger partial charge in [0.2, 0.25) is 5.91 Å². The van der Waals surface area contributed by atoms with Gasteiger partial charge in [-0.3, -0.25) is 14.4 Å². The molecule has 12 heteroatoms. The number of thioether (sulfide) groups is 1. The predicted octanol–water partition coefficient (Wildman–Crippen LogP) is 4.29. The molecule has 0 atom stereocenters. The van der Waals surface area contributed by atoms with Gasteiger partial charge in [0.15, 0.2) is 0 Å². The van der Waals surface area contributed by atoms with E-state index in [9.17, 15) is 23.6 Å². The van der Waals surface area contributed by atoms with Crippen molar-refractivity contribution in [3.63, 3.8) is 0 Å². The van der Waals surface area contributed by atoms with E-state index in [1.54, 1.807) is 6.92 Å². The summed E-state index contributed by atoms with van der Waals surface area (Å²) < 4.78 is 29.9. The van der Waals surface area contributed by atoms with Crippen LogP contribution in [0.2, 0.25) is 5.02 Å².